The van der Waals surface area contributed by atoms with E-state index >= 15 is 0 Å². The molecule has 1 aliphatic heterocycles. The summed E-state index contributed by atoms with van der Waals surface area (Å²) >= 11 is 1.70. The number of ether oxygens (including phenoxy) is 2. The van der Waals surface area contributed by atoms with Crippen LogP contribution in [-0.2, 0) is 11.2 Å². The van der Waals surface area contributed by atoms with Gasteiger partial charge in [-0.25, -0.2) is 0 Å². The van der Waals surface area contributed by atoms with E-state index < -0.39 is 0 Å². The van der Waals surface area contributed by atoms with Crippen LogP contribution >= 0.6 is 11.8 Å². The summed E-state index contributed by atoms with van der Waals surface area (Å²) in [4.78, 5) is 0. The Labute approximate surface area is 124 Å². The summed E-state index contributed by atoms with van der Waals surface area (Å²) < 4.78 is 10.8. The van der Waals surface area contributed by atoms with Crippen molar-refractivity contribution in [1.29, 1.82) is 0 Å². The first kappa shape index (κ1) is 15.6. The second-order valence-electron chi connectivity index (χ2n) is 4.96. The van der Waals surface area contributed by atoms with E-state index in [0.29, 0.717) is 12.8 Å². The zero-order valence-electron chi connectivity index (χ0n) is 11.7. The maximum absolute atomic E-state index is 9.74. The number of hydrogen-bond acceptors (Lipinski definition) is 5. The first-order valence-electron chi connectivity index (χ1n) is 6.90. The third-order valence-electron chi connectivity index (χ3n) is 3.40. The van der Waals surface area contributed by atoms with Crippen LogP contribution < -0.4 is 4.74 Å². The van der Waals surface area contributed by atoms with Gasteiger partial charge in [0.05, 0.1) is 25.9 Å². The number of aliphatic hydroxyl groups is 2. The molecule has 1 aromatic rings. The first-order chi connectivity index (χ1) is 9.71. The van der Waals surface area contributed by atoms with Crippen LogP contribution in [0.3, 0.4) is 0 Å². The molecule has 0 aliphatic carbocycles. The molecule has 1 saturated heterocycles. The third kappa shape index (κ3) is 4.66. The van der Waals surface area contributed by atoms with E-state index in [4.69, 9.17) is 14.6 Å². The van der Waals surface area contributed by atoms with Crippen molar-refractivity contribution in [3.05, 3.63) is 29.8 Å². The molecular weight excluding hydrogens is 276 g/mol. The molecule has 0 radical (unpaired) electrons. The Morgan fingerprint density at radius 3 is 2.70 bits per heavy atom. The molecule has 1 aliphatic rings. The Hall–Kier alpha value is -0.750. The Bertz CT molecular complexity index is 395. The molecule has 3 atom stereocenters. The van der Waals surface area contributed by atoms with Crippen LogP contribution in [0.4, 0.5) is 0 Å². The van der Waals surface area contributed by atoms with Crippen LogP contribution in [0.15, 0.2) is 24.3 Å². The molecule has 0 spiro atoms. The SMILES string of the molecule is COc1ccc(CCSC2CC(O)CC(CO)O2)cc1. The molecule has 2 rings (SSSR count). The fourth-order valence-electron chi connectivity index (χ4n) is 2.27. The fourth-order valence-corrected chi connectivity index (χ4v) is 3.48. The van der Waals surface area contributed by atoms with Crippen LogP contribution in [0.1, 0.15) is 18.4 Å². The molecule has 2 N–H and O–H groups in total. The van der Waals surface area contributed by atoms with Crippen molar-refractivity contribution in [3.63, 3.8) is 0 Å². The fraction of sp³-hybridized carbons (Fsp3) is 0.600. The smallest absolute Gasteiger partial charge is 0.118 e. The van der Waals surface area contributed by atoms with E-state index in [2.05, 4.69) is 12.1 Å². The molecule has 1 fully saturated rings. The van der Waals surface area contributed by atoms with E-state index in [9.17, 15) is 5.11 Å². The molecular formula is C15H22O4S. The molecule has 0 amide bonds. The Kier molecular flexibility index (Phi) is 6.16. The van der Waals surface area contributed by atoms with Crippen LogP contribution in [0.2, 0.25) is 0 Å². The van der Waals surface area contributed by atoms with Crippen LogP contribution in [0.5, 0.6) is 5.75 Å². The second-order valence-corrected chi connectivity index (χ2v) is 6.23. The highest BCUT2D eigenvalue weighted by molar-refractivity contribution is 7.99. The Morgan fingerprint density at radius 2 is 2.05 bits per heavy atom. The van der Waals surface area contributed by atoms with E-state index in [1.54, 1.807) is 18.9 Å². The molecule has 0 saturated carbocycles. The van der Waals surface area contributed by atoms with Crippen molar-refractivity contribution in [2.45, 2.75) is 36.9 Å². The highest BCUT2D eigenvalue weighted by Crippen LogP contribution is 2.28. The van der Waals surface area contributed by atoms with Gasteiger partial charge in [-0.05, 0) is 29.9 Å². The lowest BCUT2D eigenvalue weighted by Gasteiger charge is -2.31. The minimum absolute atomic E-state index is 0.0193. The van der Waals surface area contributed by atoms with E-state index in [1.165, 1.54) is 5.56 Å². The van der Waals surface area contributed by atoms with Gasteiger partial charge in [0, 0.05) is 12.8 Å². The molecule has 3 unspecified atom stereocenters. The van der Waals surface area contributed by atoms with Gasteiger partial charge in [0.15, 0.2) is 0 Å². The van der Waals surface area contributed by atoms with E-state index in [1.807, 2.05) is 12.1 Å². The Morgan fingerprint density at radius 1 is 1.30 bits per heavy atom. The topological polar surface area (TPSA) is 58.9 Å². The summed E-state index contributed by atoms with van der Waals surface area (Å²) in [7, 11) is 1.66. The third-order valence-corrected chi connectivity index (χ3v) is 4.52. The standard InChI is InChI=1S/C15H22O4S/c1-18-13-4-2-11(3-5-13)6-7-20-15-9-12(17)8-14(10-16)19-15/h2-5,12,14-17H,6-10H2,1H3. The lowest BCUT2D eigenvalue weighted by molar-refractivity contribution is -0.0782. The van der Waals surface area contributed by atoms with Gasteiger partial charge in [-0.15, -0.1) is 11.8 Å². The molecule has 112 valence electrons. The van der Waals surface area contributed by atoms with Crippen molar-refractivity contribution >= 4 is 11.8 Å². The number of aryl methyl sites for hydroxylation is 1. The number of thioether (sulfide) groups is 1. The zero-order valence-corrected chi connectivity index (χ0v) is 12.5. The highest BCUT2D eigenvalue weighted by atomic mass is 32.2. The second kappa shape index (κ2) is 7.88. The summed E-state index contributed by atoms with van der Waals surface area (Å²) in [6.45, 7) is -0.0212. The zero-order chi connectivity index (χ0) is 14.4. The predicted octanol–water partition coefficient (Wildman–Crippen LogP) is 1.83. The van der Waals surface area contributed by atoms with E-state index in [-0.39, 0.29) is 24.3 Å². The van der Waals surface area contributed by atoms with Gasteiger partial charge in [-0.1, -0.05) is 12.1 Å². The molecule has 5 heteroatoms. The lowest BCUT2D eigenvalue weighted by Crippen LogP contribution is -2.36. The number of methoxy groups -OCH3 is 1. The first-order valence-corrected chi connectivity index (χ1v) is 7.95. The summed E-state index contributed by atoms with van der Waals surface area (Å²) in [6.07, 6.45) is 1.54. The largest absolute Gasteiger partial charge is 0.497 e. The van der Waals surface area contributed by atoms with Crippen molar-refractivity contribution in [1.82, 2.24) is 0 Å². The highest BCUT2D eigenvalue weighted by Gasteiger charge is 2.27. The van der Waals surface area contributed by atoms with Crippen LogP contribution in [0.25, 0.3) is 0 Å². The van der Waals surface area contributed by atoms with Crippen molar-refractivity contribution in [3.8, 4) is 5.75 Å². The number of rotatable bonds is 6. The molecule has 0 bridgehead atoms. The van der Waals surface area contributed by atoms with Gasteiger partial charge in [-0.3, -0.25) is 0 Å². The van der Waals surface area contributed by atoms with Gasteiger partial charge >= 0.3 is 0 Å². The van der Waals surface area contributed by atoms with Gasteiger partial charge in [0.25, 0.3) is 0 Å². The molecule has 1 aromatic carbocycles. The summed E-state index contributed by atoms with van der Waals surface area (Å²) in [6, 6.07) is 8.05. The predicted molar refractivity (Wildman–Crippen MR) is 80.1 cm³/mol. The van der Waals surface area contributed by atoms with Gasteiger partial charge in [0.2, 0.25) is 0 Å². The average molecular weight is 298 g/mol. The van der Waals surface area contributed by atoms with Crippen molar-refractivity contribution in [2.75, 3.05) is 19.5 Å². The quantitative estimate of drug-likeness (QED) is 0.839. The maximum atomic E-state index is 9.74. The summed E-state index contributed by atoms with van der Waals surface area (Å²) in [5.41, 5.74) is 1.24. The summed E-state index contributed by atoms with van der Waals surface area (Å²) in [5, 5.41) is 18.9. The van der Waals surface area contributed by atoms with Crippen LogP contribution in [-0.4, -0.2) is 47.3 Å². The van der Waals surface area contributed by atoms with Crippen LogP contribution in [0, 0.1) is 0 Å². The monoisotopic (exact) mass is 298 g/mol. The molecule has 4 nitrogen and oxygen atoms in total. The minimum atomic E-state index is -0.362. The molecule has 1 heterocycles. The minimum Gasteiger partial charge on any atom is -0.497 e. The Balaban J connectivity index is 1.74. The van der Waals surface area contributed by atoms with Crippen molar-refractivity contribution < 1.29 is 19.7 Å². The number of hydrogen-bond donors (Lipinski definition) is 2. The van der Waals surface area contributed by atoms with Gasteiger partial charge < -0.3 is 19.7 Å². The van der Waals surface area contributed by atoms with Crippen molar-refractivity contribution in [2.24, 2.45) is 0 Å². The average Bonchev–Trinajstić information content (AvgIpc) is 2.47. The molecule has 20 heavy (non-hydrogen) atoms. The number of aliphatic hydroxyl groups excluding tert-OH is 2. The summed E-state index contributed by atoms with van der Waals surface area (Å²) in [5.74, 6) is 1.80. The maximum Gasteiger partial charge on any atom is 0.118 e. The normalized spacial score (nSPS) is 26.4. The number of benzene rings is 1. The van der Waals surface area contributed by atoms with E-state index in [0.717, 1.165) is 17.9 Å². The van der Waals surface area contributed by atoms with Gasteiger partial charge in [0.1, 0.15) is 11.2 Å². The van der Waals surface area contributed by atoms with Gasteiger partial charge in [-0.2, -0.15) is 0 Å². The molecule has 0 aromatic heterocycles. The lowest BCUT2D eigenvalue weighted by atomic mass is 10.1.